The van der Waals surface area contributed by atoms with Crippen LogP contribution in [0.3, 0.4) is 0 Å². The number of amides is 1. The van der Waals surface area contributed by atoms with Crippen molar-refractivity contribution in [1.82, 2.24) is 5.32 Å². The first kappa shape index (κ1) is 70.6. The normalized spacial score (nSPS) is 12.9. The van der Waals surface area contributed by atoms with Crippen molar-refractivity contribution in [1.29, 1.82) is 0 Å². The maximum Gasteiger partial charge on any atom is 0.220 e. The summed E-state index contributed by atoms with van der Waals surface area (Å²) in [7, 11) is 0. The minimum Gasteiger partial charge on any atom is -0.394 e. The van der Waals surface area contributed by atoms with Crippen LogP contribution in [0.5, 0.6) is 0 Å². The average molecular weight is 1010 g/mol. The lowest BCUT2D eigenvalue weighted by Crippen LogP contribution is -2.45. The molecule has 0 aliphatic heterocycles. The number of rotatable bonds is 62. The van der Waals surface area contributed by atoms with Crippen LogP contribution in [0, 0.1) is 0 Å². The molecule has 0 spiro atoms. The molecule has 0 radical (unpaired) electrons. The number of nitrogens with one attached hydrogen (secondary N) is 1. The fraction of sp³-hybridized carbons (Fsp3) is 0.897. The van der Waals surface area contributed by atoms with Crippen LogP contribution < -0.4 is 5.32 Å². The van der Waals surface area contributed by atoms with E-state index in [0.717, 1.165) is 32.1 Å². The zero-order chi connectivity index (χ0) is 52.0. The van der Waals surface area contributed by atoms with E-state index in [0.29, 0.717) is 6.42 Å². The largest absolute Gasteiger partial charge is 0.394 e. The average Bonchev–Trinajstić information content (AvgIpc) is 3.39. The maximum absolute atomic E-state index is 12.5. The van der Waals surface area contributed by atoms with Gasteiger partial charge in [-0.25, -0.2) is 0 Å². The van der Waals surface area contributed by atoms with Gasteiger partial charge in [0, 0.05) is 6.42 Å². The highest BCUT2D eigenvalue weighted by molar-refractivity contribution is 5.76. The molecule has 72 heavy (non-hydrogen) atoms. The Kier molecular flexibility index (Phi) is 62.7. The molecule has 4 nitrogen and oxygen atoms in total. The molecule has 0 bridgehead atoms. The first-order valence-corrected chi connectivity index (χ1v) is 33.2. The number of hydrogen-bond donors (Lipinski definition) is 3. The maximum atomic E-state index is 12.5. The van der Waals surface area contributed by atoms with Crippen LogP contribution in [0.2, 0.25) is 0 Å². The van der Waals surface area contributed by atoms with Crippen LogP contribution in [-0.2, 0) is 4.79 Å². The molecule has 0 aromatic carbocycles. The molecule has 0 aromatic heterocycles. The highest BCUT2D eigenvalue weighted by Gasteiger charge is 2.18. The van der Waals surface area contributed by atoms with Gasteiger partial charge in [-0.1, -0.05) is 352 Å². The van der Waals surface area contributed by atoms with Gasteiger partial charge in [0.1, 0.15) is 0 Å². The Bertz CT molecular complexity index is 1100. The number of hydrogen-bond acceptors (Lipinski definition) is 3. The van der Waals surface area contributed by atoms with Gasteiger partial charge in [-0.15, -0.1) is 0 Å². The van der Waals surface area contributed by atoms with Crippen molar-refractivity contribution in [3.63, 3.8) is 0 Å². The van der Waals surface area contributed by atoms with E-state index in [4.69, 9.17) is 0 Å². The van der Waals surface area contributed by atoms with Crippen molar-refractivity contribution >= 4 is 5.91 Å². The summed E-state index contributed by atoms with van der Waals surface area (Å²) in [6, 6.07) is -0.621. The van der Waals surface area contributed by atoms with Gasteiger partial charge in [-0.2, -0.15) is 0 Å². The van der Waals surface area contributed by atoms with Gasteiger partial charge in [-0.3, -0.25) is 4.79 Å². The Labute approximate surface area is 452 Å². The Morgan fingerprint density at radius 2 is 0.569 bits per heavy atom. The summed E-state index contributed by atoms with van der Waals surface area (Å²) < 4.78 is 0. The molecule has 0 aliphatic carbocycles. The predicted molar refractivity (Wildman–Crippen MR) is 322 cm³/mol. The van der Waals surface area contributed by atoms with Gasteiger partial charge in [0.15, 0.2) is 0 Å². The Hall–Kier alpha value is -1.39. The second-order valence-electron chi connectivity index (χ2n) is 22.9. The van der Waals surface area contributed by atoms with Gasteiger partial charge >= 0.3 is 0 Å². The Morgan fingerprint density at radius 3 is 0.833 bits per heavy atom. The van der Waals surface area contributed by atoms with Crippen LogP contribution >= 0.6 is 0 Å². The van der Waals surface area contributed by atoms with E-state index in [9.17, 15) is 15.0 Å². The predicted octanol–water partition coefficient (Wildman–Crippen LogP) is 22.4. The number of unbranched alkanes of at least 4 members (excludes halogenated alkanes) is 51. The number of aliphatic hydroxyl groups is 2. The monoisotopic (exact) mass is 1010 g/mol. The highest BCUT2D eigenvalue weighted by Crippen LogP contribution is 2.19. The van der Waals surface area contributed by atoms with E-state index >= 15 is 0 Å². The lowest BCUT2D eigenvalue weighted by molar-refractivity contribution is -0.123. The van der Waals surface area contributed by atoms with Gasteiger partial charge in [-0.05, 0) is 51.4 Å². The van der Waals surface area contributed by atoms with Crippen molar-refractivity contribution in [2.75, 3.05) is 6.61 Å². The fourth-order valence-electron chi connectivity index (χ4n) is 10.6. The van der Waals surface area contributed by atoms with E-state index in [1.54, 1.807) is 6.08 Å². The van der Waals surface area contributed by atoms with Crippen molar-refractivity contribution < 1.29 is 15.0 Å². The van der Waals surface area contributed by atoms with Crippen LogP contribution in [0.1, 0.15) is 373 Å². The zero-order valence-electron chi connectivity index (χ0n) is 49.2. The molecule has 2 unspecified atom stereocenters. The smallest absolute Gasteiger partial charge is 0.220 e. The van der Waals surface area contributed by atoms with Crippen molar-refractivity contribution in [2.24, 2.45) is 0 Å². The number of carbonyl (C=O) groups excluding carboxylic acids is 1. The molecule has 0 aliphatic rings. The molecule has 1 amide bonds. The third-order valence-electron chi connectivity index (χ3n) is 15.6. The minimum atomic E-state index is -0.838. The fourth-order valence-corrected chi connectivity index (χ4v) is 10.6. The van der Waals surface area contributed by atoms with E-state index in [1.807, 2.05) is 6.08 Å². The third-order valence-corrected chi connectivity index (χ3v) is 15.6. The first-order valence-electron chi connectivity index (χ1n) is 33.2. The summed E-state index contributed by atoms with van der Waals surface area (Å²) in [6.45, 7) is 4.34. The number of carbonyl (C=O) groups is 1. The molecule has 0 fully saturated rings. The number of aliphatic hydroxyl groups excluding tert-OH is 2. The highest BCUT2D eigenvalue weighted by atomic mass is 16.3. The van der Waals surface area contributed by atoms with Crippen molar-refractivity contribution in [3.05, 3.63) is 36.5 Å². The quantitative estimate of drug-likeness (QED) is 0.0420. The van der Waals surface area contributed by atoms with Gasteiger partial charge < -0.3 is 15.5 Å². The molecule has 0 rings (SSSR count). The molecule has 0 heterocycles. The Balaban J connectivity index is 3.39. The molecule has 3 N–H and O–H groups in total. The standard InChI is InChI=1S/C68H131NO3/c1-3-5-7-9-11-13-15-17-19-21-23-25-26-27-28-29-30-31-32-33-34-35-36-37-38-39-40-41-42-44-46-48-50-52-54-56-58-60-62-64-68(72)69-66(65-70)67(71)63-61-59-57-55-53-51-49-47-45-43-24-22-20-18-16-14-12-10-8-6-4-2/h15,17,21,23,61,63,66-67,70-71H,3-14,16,18-20,22,24-60,62,64-65H2,1-2H3,(H,69,72)/b17-15-,23-21-,63-61+. The Morgan fingerprint density at radius 1 is 0.333 bits per heavy atom. The van der Waals surface area contributed by atoms with Gasteiger partial charge in [0.05, 0.1) is 18.8 Å². The first-order chi connectivity index (χ1) is 35.7. The van der Waals surface area contributed by atoms with Crippen LogP contribution in [0.15, 0.2) is 36.5 Å². The van der Waals surface area contributed by atoms with E-state index < -0.39 is 12.1 Å². The molecule has 4 heteroatoms. The molecule has 0 saturated carbocycles. The summed E-state index contributed by atoms with van der Waals surface area (Å²) in [5.74, 6) is -0.0557. The van der Waals surface area contributed by atoms with E-state index in [2.05, 4.69) is 43.5 Å². The summed E-state index contributed by atoms with van der Waals surface area (Å²) in [4.78, 5) is 12.5. The summed E-state index contributed by atoms with van der Waals surface area (Å²) in [5.41, 5.74) is 0. The molecular formula is C68H131NO3. The molecule has 0 aromatic rings. The van der Waals surface area contributed by atoms with Crippen LogP contribution in [-0.4, -0.2) is 34.9 Å². The summed E-state index contributed by atoms with van der Waals surface area (Å²) in [6.07, 6.45) is 87.9. The minimum absolute atomic E-state index is 0.0557. The van der Waals surface area contributed by atoms with Crippen molar-refractivity contribution in [3.8, 4) is 0 Å². The topological polar surface area (TPSA) is 69.6 Å². The molecule has 426 valence electrons. The summed E-state index contributed by atoms with van der Waals surface area (Å²) >= 11 is 0. The van der Waals surface area contributed by atoms with E-state index in [1.165, 1.54) is 321 Å². The molecule has 2 atom stereocenters. The number of allylic oxidation sites excluding steroid dienone is 5. The van der Waals surface area contributed by atoms with Gasteiger partial charge in [0.2, 0.25) is 5.91 Å². The van der Waals surface area contributed by atoms with Gasteiger partial charge in [0.25, 0.3) is 0 Å². The van der Waals surface area contributed by atoms with Crippen molar-refractivity contribution in [2.45, 2.75) is 386 Å². The third kappa shape index (κ3) is 59.5. The van der Waals surface area contributed by atoms with Crippen LogP contribution in [0.4, 0.5) is 0 Å². The second kappa shape index (κ2) is 63.9. The second-order valence-corrected chi connectivity index (χ2v) is 22.9. The molecular weight excluding hydrogens is 879 g/mol. The van der Waals surface area contributed by atoms with Crippen LogP contribution in [0.25, 0.3) is 0 Å². The lowest BCUT2D eigenvalue weighted by Gasteiger charge is -2.20. The molecule has 0 saturated heterocycles. The van der Waals surface area contributed by atoms with E-state index in [-0.39, 0.29) is 12.5 Å². The SMILES string of the molecule is CCCCCCC/C=C\C/C=C\CCCCCCCCCCCCCCCCCCCCCCCCCCCCCC(=O)NC(CO)C(O)/C=C/CCCCCCCCCCCCCCCCCCCCC. The summed E-state index contributed by atoms with van der Waals surface area (Å²) in [5, 5.41) is 23.2. The zero-order valence-corrected chi connectivity index (χ0v) is 49.2. The lowest BCUT2D eigenvalue weighted by atomic mass is 10.0.